The molecule has 2 unspecified atom stereocenters. The number of ether oxygens (including phenoxy) is 2. The molecule has 2 aliphatic rings. The van der Waals surface area contributed by atoms with E-state index in [-0.39, 0.29) is 24.0 Å². The van der Waals surface area contributed by atoms with Crippen LogP contribution in [0.15, 0.2) is 4.99 Å². The van der Waals surface area contributed by atoms with Crippen molar-refractivity contribution in [1.82, 2.24) is 15.5 Å². The summed E-state index contributed by atoms with van der Waals surface area (Å²) < 4.78 is 11.2. The van der Waals surface area contributed by atoms with Gasteiger partial charge in [0.05, 0.1) is 12.7 Å². The van der Waals surface area contributed by atoms with E-state index in [4.69, 9.17) is 9.47 Å². The SMILES string of the molecule is CN=C(NCCCOCC1CCCO1)NCCN1CCCCC1C.I. The molecule has 0 amide bonds. The summed E-state index contributed by atoms with van der Waals surface area (Å²) in [6, 6.07) is 0.719. The van der Waals surface area contributed by atoms with Crippen LogP contribution in [-0.2, 0) is 9.47 Å². The van der Waals surface area contributed by atoms with Gasteiger partial charge < -0.3 is 20.1 Å². The second-order valence-corrected chi connectivity index (χ2v) is 6.87. The van der Waals surface area contributed by atoms with E-state index in [1.807, 2.05) is 7.05 Å². The number of piperidine rings is 1. The molecule has 2 saturated heterocycles. The van der Waals surface area contributed by atoms with E-state index in [9.17, 15) is 0 Å². The van der Waals surface area contributed by atoms with Gasteiger partial charge in [-0.05, 0) is 45.6 Å². The van der Waals surface area contributed by atoms with Crippen molar-refractivity contribution >= 4 is 29.9 Å². The van der Waals surface area contributed by atoms with Gasteiger partial charge >= 0.3 is 0 Å². The summed E-state index contributed by atoms with van der Waals surface area (Å²) in [7, 11) is 1.83. The van der Waals surface area contributed by atoms with Crippen LogP contribution >= 0.6 is 24.0 Å². The van der Waals surface area contributed by atoms with Gasteiger partial charge in [0.1, 0.15) is 0 Å². The maximum absolute atomic E-state index is 5.67. The van der Waals surface area contributed by atoms with Crippen LogP contribution in [0.3, 0.4) is 0 Å². The van der Waals surface area contributed by atoms with Crippen molar-refractivity contribution in [1.29, 1.82) is 0 Å². The summed E-state index contributed by atoms with van der Waals surface area (Å²) in [5.74, 6) is 0.888. The highest BCUT2D eigenvalue weighted by Crippen LogP contribution is 2.15. The fourth-order valence-electron chi connectivity index (χ4n) is 3.40. The first kappa shape index (κ1) is 22.9. The molecule has 2 rings (SSSR count). The number of aliphatic imine (C=N–C) groups is 1. The van der Waals surface area contributed by atoms with E-state index in [1.54, 1.807) is 0 Å². The number of guanidine groups is 1. The summed E-state index contributed by atoms with van der Waals surface area (Å²) >= 11 is 0. The maximum Gasteiger partial charge on any atom is 0.191 e. The number of nitrogens with zero attached hydrogens (tertiary/aromatic N) is 2. The quantitative estimate of drug-likeness (QED) is 0.235. The Hall–Kier alpha value is -0.120. The lowest BCUT2D eigenvalue weighted by Gasteiger charge is -2.33. The van der Waals surface area contributed by atoms with Gasteiger partial charge in [-0.3, -0.25) is 9.89 Å². The van der Waals surface area contributed by atoms with Gasteiger partial charge in [-0.25, -0.2) is 0 Å². The lowest BCUT2D eigenvalue weighted by atomic mass is 10.0. The highest BCUT2D eigenvalue weighted by Gasteiger charge is 2.17. The van der Waals surface area contributed by atoms with E-state index in [0.29, 0.717) is 6.10 Å². The third-order valence-corrected chi connectivity index (χ3v) is 4.94. The zero-order chi connectivity index (χ0) is 17.0. The molecule has 0 aromatic heterocycles. The van der Waals surface area contributed by atoms with Gasteiger partial charge in [0.25, 0.3) is 0 Å². The van der Waals surface area contributed by atoms with Crippen LogP contribution in [0.5, 0.6) is 0 Å². The van der Waals surface area contributed by atoms with Gasteiger partial charge in [-0.15, -0.1) is 24.0 Å². The smallest absolute Gasteiger partial charge is 0.191 e. The predicted octanol–water partition coefficient (Wildman–Crippen LogP) is 2.23. The van der Waals surface area contributed by atoms with Crippen LogP contribution in [-0.4, -0.2) is 76.1 Å². The molecular weight excluding hydrogens is 431 g/mol. The van der Waals surface area contributed by atoms with Crippen LogP contribution in [0.2, 0.25) is 0 Å². The van der Waals surface area contributed by atoms with Crippen molar-refractivity contribution < 1.29 is 9.47 Å². The lowest BCUT2D eigenvalue weighted by Crippen LogP contribution is -2.45. The standard InChI is InChI=1S/C18H36N4O2.HI/c1-16-7-3-4-11-22(16)12-10-21-18(19-2)20-9-6-13-23-15-17-8-5-14-24-17;/h16-17H,3-15H2,1-2H3,(H2,19,20,21);1H. The van der Waals surface area contributed by atoms with E-state index in [2.05, 4.69) is 27.4 Å². The molecule has 2 fully saturated rings. The third kappa shape index (κ3) is 9.40. The van der Waals surface area contributed by atoms with Crippen molar-refractivity contribution in [3.05, 3.63) is 0 Å². The number of hydrogen-bond acceptors (Lipinski definition) is 4. The van der Waals surface area contributed by atoms with E-state index >= 15 is 0 Å². The molecule has 0 radical (unpaired) electrons. The molecule has 0 aliphatic carbocycles. The fourth-order valence-corrected chi connectivity index (χ4v) is 3.40. The molecular formula is C18H37IN4O2. The molecule has 2 heterocycles. The molecule has 0 spiro atoms. The monoisotopic (exact) mass is 468 g/mol. The second-order valence-electron chi connectivity index (χ2n) is 6.87. The average Bonchev–Trinajstić information content (AvgIpc) is 3.11. The fraction of sp³-hybridized carbons (Fsp3) is 0.944. The number of likely N-dealkylation sites (tertiary alicyclic amines) is 1. The van der Waals surface area contributed by atoms with E-state index in [1.165, 1.54) is 32.2 Å². The Morgan fingerprint density at radius 1 is 1.20 bits per heavy atom. The minimum atomic E-state index is 0. The Labute approximate surface area is 170 Å². The number of rotatable bonds is 9. The van der Waals surface area contributed by atoms with Crippen molar-refractivity contribution in [2.45, 2.75) is 57.6 Å². The zero-order valence-corrected chi connectivity index (χ0v) is 18.3. The molecule has 6 nitrogen and oxygen atoms in total. The van der Waals surface area contributed by atoms with E-state index < -0.39 is 0 Å². The molecule has 2 N–H and O–H groups in total. The van der Waals surface area contributed by atoms with Gasteiger partial charge in [-0.1, -0.05) is 6.42 Å². The van der Waals surface area contributed by atoms with Gasteiger partial charge in [-0.2, -0.15) is 0 Å². The van der Waals surface area contributed by atoms with E-state index in [0.717, 1.165) is 64.3 Å². The van der Waals surface area contributed by atoms with Crippen LogP contribution in [0.25, 0.3) is 0 Å². The first-order chi connectivity index (χ1) is 11.8. The Balaban J connectivity index is 0.00000312. The lowest BCUT2D eigenvalue weighted by molar-refractivity contribution is 0.0168. The Kier molecular flexibility index (Phi) is 12.8. The maximum atomic E-state index is 5.67. The molecule has 0 aromatic rings. The predicted molar refractivity (Wildman–Crippen MR) is 114 cm³/mol. The first-order valence-electron chi connectivity index (χ1n) is 9.67. The number of hydrogen-bond donors (Lipinski definition) is 2. The van der Waals surface area contributed by atoms with Gasteiger partial charge in [0.15, 0.2) is 5.96 Å². The topological polar surface area (TPSA) is 58.1 Å². The summed E-state index contributed by atoms with van der Waals surface area (Å²) in [5.41, 5.74) is 0. The van der Waals surface area contributed by atoms with Crippen LogP contribution in [0.4, 0.5) is 0 Å². The molecule has 2 aliphatic heterocycles. The largest absolute Gasteiger partial charge is 0.379 e. The van der Waals surface area contributed by atoms with Crippen LogP contribution < -0.4 is 10.6 Å². The van der Waals surface area contributed by atoms with Gasteiger partial charge in [0.2, 0.25) is 0 Å². The summed E-state index contributed by atoms with van der Waals surface area (Å²) in [6.07, 6.45) is 7.67. The Morgan fingerprint density at radius 2 is 2.04 bits per heavy atom. The number of halogens is 1. The molecule has 2 atom stereocenters. The first-order valence-corrected chi connectivity index (χ1v) is 9.67. The molecule has 0 saturated carbocycles. The van der Waals surface area contributed by atoms with Crippen molar-refractivity contribution in [3.63, 3.8) is 0 Å². The Morgan fingerprint density at radius 3 is 2.76 bits per heavy atom. The summed E-state index contributed by atoms with van der Waals surface area (Å²) in [4.78, 5) is 6.86. The second kappa shape index (κ2) is 14.0. The Bertz CT molecular complexity index is 365. The molecule has 148 valence electrons. The van der Waals surface area contributed by atoms with Gasteiger partial charge in [0, 0.05) is 45.9 Å². The highest BCUT2D eigenvalue weighted by atomic mass is 127. The molecule has 25 heavy (non-hydrogen) atoms. The minimum absolute atomic E-state index is 0. The zero-order valence-electron chi connectivity index (χ0n) is 16.0. The molecule has 7 heteroatoms. The summed E-state index contributed by atoms with van der Waals surface area (Å²) in [6.45, 7) is 8.89. The summed E-state index contributed by atoms with van der Waals surface area (Å²) in [5, 5.41) is 6.77. The number of nitrogens with one attached hydrogen (secondary N) is 2. The average molecular weight is 468 g/mol. The minimum Gasteiger partial charge on any atom is -0.379 e. The van der Waals surface area contributed by atoms with Crippen LogP contribution in [0, 0.1) is 0 Å². The highest BCUT2D eigenvalue weighted by molar-refractivity contribution is 14.0. The van der Waals surface area contributed by atoms with Crippen molar-refractivity contribution in [3.8, 4) is 0 Å². The van der Waals surface area contributed by atoms with Crippen LogP contribution in [0.1, 0.15) is 45.4 Å². The normalized spacial score (nSPS) is 24.8. The molecule has 0 bridgehead atoms. The molecule has 0 aromatic carbocycles. The third-order valence-electron chi connectivity index (χ3n) is 4.94. The van der Waals surface area contributed by atoms with Crippen molar-refractivity contribution in [2.75, 3.05) is 53.0 Å². The van der Waals surface area contributed by atoms with Crippen molar-refractivity contribution in [2.24, 2.45) is 4.99 Å².